The maximum absolute atomic E-state index is 12.6. The Balaban J connectivity index is 5.43. The third-order valence-electron chi connectivity index (χ3n) is 3.58. The lowest BCUT2D eigenvalue weighted by Crippen LogP contribution is -2.46. The number of esters is 3. The van der Waals surface area contributed by atoms with E-state index in [0.29, 0.717) is 0 Å². The third-order valence-corrected chi connectivity index (χ3v) is 3.58. The first-order chi connectivity index (χ1) is 15.2. The SMILES string of the molecule is CC(C)(C)OC(=O)CCC(NC(=O)OC(CCC(=O)O)C(=O)OC(C)(C)C)C(=O)OC(C)(C)C. The van der Waals surface area contributed by atoms with Crippen molar-refractivity contribution < 1.29 is 48.0 Å². The van der Waals surface area contributed by atoms with Gasteiger partial charge in [0, 0.05) is 19.3 Å². The second-order valence-corrected chi connectivity index (χ2v) is 10.7. The largest absolute Gasteiger partial charge is 0.481 e. The fourth-order valence-corrected chi connectivity index (χ4v) is 2.43. The average Bonchev–Trinajstić information content (AvgIpc) is 2.57. The van der Waals surface area contributed by atoms with E-state index >= 15 is 0 Å². The summed E-state index contributed by atoms with van der Waals surface area (Å²) in [5.74, 6) is -3.51. The van der Waals surface area contributed by atoms with E-state index in [0.717, 1.165) is 0 Å². The number of rotatable bonds is 10. The highest BCUT2D eigenvalue weighted by atomic mass is 16.6. The van der Waals surface area contributed by atoms with Gasteiger partial charge in [0.25, 0.3) is 0 Å². The summed E-state index contributed by atoms with van der Waals surface area (Å²) in [7, 11) is 0. The number of nitrogens with one attached hydrogen (secondary N) is 1. The Morgan fingerprint density at radius 1 is 0.706 bits per heavy atom. The molecule has 0 saturated carbocycles. The molecule has 0 aromatic carbocycles. The van der Waals surface area contributed by atoms with E-state index in [1.54, 1.807) is 62.3 Å². The standard InChI is InChI=1S/C23H39NO10/c1-21(2,3)32-17(27)13-10-14(18(28)33-22(4,5)6)24-20(30)31-15(11-12-16(25)26)19(29)34-23(7,8)9/h14-15H,10-13H2,1-9H3,(H,24,30)(H,25,26). The smallest absolute Gasteiger partial charge is 0.408 e. The molecule has 0 aromatic rings. The van der Waals surface area contributed by atoms with Crippen molar-refractivity contribution in [3.05, 3.63) is 0 Å². The number of alkyl carbamates (subject to hydrolysis) is 1. The van der Waals surface area contributed by atoms with Gasteiger partial charge in [-0.15, -0.1) is 0 Å². The van der Waals surface area contributed by atoms with E-state index in [4.69, 9.17) is 24.1 Å². The summed E-state index contributed by atoms with van der Waals surface area (Å²) in [4.78, 5) is 60.5. The highest BCUT2D eigenvalue weighted by molar-refractivity contribution is 5.84. The van der Waals surface area contributed by atoms with Crippen LogP contribution in [0.25, 0.3) is 0 Å². The molecule has 11 heteroatoms. The number of amides is 1. The molecule has 0 bridgehead atoms. The number of hydrogen-bond donors (Lipinski definition) is 2. The quantitative estimate of drug-likeness (QED) is 0.345. The minimum Gasteiger partial charge on any atom is -0.481 e. The summed E-state index contributed by atoms with van der Waals surface area (Å²) in [5, 5.41) is 11.2. The number of carboxylic acids is 1. The maximum atomic E-state index is 12.6. The van der Waals surface area contributed by atoms with Crippen LogP contribution in [0.15, 0.2) is 0 Å². The molecular weight excluding hydrogens is 450 g/mol. The molecule has 0 aliphatic rings. The Kier molecular flexibility index (Phi) is 11.5. The predicted octanol–water partition coefficient (Wildman–Crippen LogP) is 3.12. The molecule has 0 saturated heterocycles. The fraction of sp³-hybridized carbons (Fsp3) is 0.783. The first-order valence-corrected chi connectivity index (χ1v) is 11.0. The van der Waals surface area contributed by atoms with Crippen molar-refractivity contribution in [3.63, 3.8) is 0 Å². The molecule has 2 unspecified atom stereocenters. The van der Waals surface area contributed by atoms with Crippen LogP contribution in [0, 0.1) is 0 Å². The van der Waals surface area contributed by atoms with Gasteiger partial charge in [-0.2, -0.15) is 0 Å². The van der Waals surface area contributed by atoms with Gasteiger partial charge in [-0.05, 0) is 68.7 Å². The molecule has 2 atom stereocenters. The van der Waals surface area contributed by atoms with Gasteiger partial charge in [0.2, 0.25) is 6.10 Å². The minimum atomic E-state index is -1.51. The monoisotopic (exact) mass is 489 g/mol. The van der Waals surface area contributed by atoms with E-state index in [2.05, 4.69) is 5.32 Å². The molecule has 11 nitrogen and oxygen atoms in total. The first kappa shape index (κ1) is 31.1. The third kappa shape index (κ3) is 15.9. The van der Waals surface area contributed by atoms with Crippen molar-refractivity contribution in [2.45, 2.75) is 117 Å². The molecule has 0 rings (SSSR count). The van der Waals surface area contributed by atoms with Gasteiger partial charge in [0.15, 0.2) is 0 Å². The molecule has 0 spiro atoms. The van der Waals surface area contributed by atoms with Crippen LogP contribution in [0.4, 0.5) is 4.79 Å². The Hall–Kier alpha value is -2.85. The number of hydrogen-bond acceptors (Lipinski definition) is 9. The van der Waals surface area contributed by atoms with Gasteiger partial charge in [0.05, 0.1) is 0 Å². The number of ether oxygens (including phenoxy) is 4. The molecule has 2 N–H and O–H groups in total. The van der Waals surface area contributed by atoms with E-state index in [1.165, 1.54) is 0 Å². The lowest BCUT2D eigenvalue weighted by molar-refractivity contribution is -0.165. The minimum absolute atomic E-state index is 0.148. The summed E-state index contributed by atoms with van der Waals surface area (Å²) in [6.07, 6.45) is -3.80. The van der Waals surface area contributed by atoms with Crippen LogP contribution < -0.4 is 5.32 Å². The predicted molar refractivity (Wildman–Crippen MR) is 121 cm³/mol. The number of carbonyl (C=O) groups excluding carboxylic acids is 4. The van der Waals surface area contributed by atoms with Crippen molar-refractivity contribution in [1.29, 1.82) is 0 Å². The van der Waals surface area contributed by atoms with Crippen LogP contribution in [0.5, 0.6) is 0 Å². The maximum Gasteiger partial charge on any atom is 0.408 e. The molecule has 1 amide bonds. The normalized spacial score (nSPS) is 13.8. The zero-order valence-corrected chi connectivity index (χ0v) is 21.6. The number of aliphatic carboxylic acids is 1. The summed E-state index contributed by atoms with van der Waals surface area (Å²) < 4.78 is 20.8. The molecular formula is C23H39NO10. The van der Waals surface area contributed by atoms with Gasteiger partial charge < -0.3 is 29.4 Å². The molecule has 0 aliphatic carbocycles. The topological polar surface area (TPSA) is 155 Å². The summed E-state index contributed by atoms with van der Waals surface area (Å²) >= 11 is 0. The highest BCUT2D eigenvalue weighted by Crippen LogP contribution is 2.16. The van der Waals surface area contributed by atoms with Crippen LogP contribution in [0.1, 0.15) is 88.0 Å². The van der Waals surface area contributed by atoms with Crippen LogP contribution >= 0.6 is 0 Å². The van der Waals surface area contributed by atoms with Gasteiger partial charge in [0.1, 0.15) is 22.8 Å². The molecule has 196 valence electrons. The molecule has 34 heavy (non-hydrogen) atoms. The second kappa shape index (κ2) is 12.6. The molecule has 0 radical (unpaired) electrons. The first-order valence-electron chi connectivity index (χ1n) is 11.0. The van der Waals surface area contributed by atoms with Crippen LogP contribution in [0.3, 0.4) is 0 Å². The average molecular weight is 490 g/mol. The van der Waals surface area contributed by atoms with Gasteiger partial charge in [-0.1, -0.05) is 0 Å². The van der Waals surface area contributed by atoms with Crippen molar-refractivity contribution in [2.24, 2.45) is 0 Å². The Morgan fingerprint density at radius 3 is 1.62 bits per heavy atom. The molecule has 0 aromatic heterocycles. The van der Waals surface area contributed by atoms with Crippen molar-refractivity contribution in [2.75, 3.05) is 0 Å². The van der Waals surface area contributed by atoms with Gasteiger partial charge >= 0.3 is 30.0 Å². The zero-order chi connectivity index (χ0) is 26.9. The van der Waals surface area contributed by atoms with Crippen molar-refractivity contribution in [3.8, 4) is 0 Å². The van der Waals surface area contributed by atoms with Crippen molar-refractivity contribution >= 4 is 30.0 Å². The summed E-state index contributed by atoms with van der Waals surface area (Å²) in [6.45, 7) is 14.8. The Morgan fingerprint density at radius 2 is 1.18 bits per heavy atom. The van der Waals surface area contributed by atoms with Crippen molar-refractivity contribution in [1.82, 2.24) is 5.32 Å². The van der Waals surface area contributed by atoms with E-state index in [-0.39, 0.29) is 19.3 Å². The highest BCUT2D eigenvalue weighted by Gasteiger charge is 2.32. The Labute approximate surface area is 200 Å². The van der Waals surface area contributed by atoms with Crippen LogP contribution in [-0.4, -0.2) is 64.0 Å². The zero-order valence-electron chi connectivity index (χ0n) is 21.6. The number of carboxylic acid groups (broad SMARTS) is 1. The van der Waals surface area contributed by atoms with Gasteiger partial charge in [-0.3, -0.25) is 9.59 Å². The molecule has 0 aliphatic heterocycles. The summed E-state index contributed by atoms with van der Waals surface area (Å²) in [5.41, 5.74) is -2.49. The lowest BCUT2D eigenvalue weighted by atomic mass is 10.1. The molecule has 0 fully saturated rings. The van der Waals surface area contributed by atoms with Crippen LogP contribution in [-0.2, 0) is 38.1 Å². The molecule has 0 heterocycles. The number of carbonyl (C=O) groups is 5. The van der Waals surface area contributed by atoms with Crippen LogP contribution in [0.2, 0.25) is 0 Å². The fourth-order valence-electron chi connectivity index (χ4n) is 2.43. The van der Waals surface area contributed by atoms with E-state index in [9.17, 15) is 24.0 Å². The lowest BCUT2D eigenvalue weighted by Gasteiger charge is -2.26. The Bertz CT molecular complexity index is 740. The second-order valence-electron chi connectivity index (χ2n) is 10.7. The van der Waals surface area contributed by atoms with E-state index in [1.807, 2.05) is 0 Å². The van der Waals surface area contributed by atoms with E-state index < -0.39 is 65.3 Å². The summed E-state index contributed by atoms with van der Waals surface area (Å²) in [6, 6.07) is -1.28. The van der Waals surface area contributed by atoms with Gasteiger partial charge in [-0.25, -0.2) is 14.4 Å².